The van der Waals surface area contributed by atoms with E-state index in [9.17, 15) is 0 Å². The van der Waals surface area contributed by atoms with Crippen molar-refractivity contribution in [3.05, 3.63) is 66.0 Å². The first-order chi connectivity index (χ1) is 11.3. The molecular weight excluding hydrogens is 286 g/mol. The molecule has 23 heavy (non-hydrogen) atoms. The van der Waals surface area contributed by atoms with Gasteiger partial charge in [-0.25, -0.2) is 0 Å². The highest BCUT2D eigenvalue weighted by molar-refractivity contribution is 5.83. The molecule has 0 saturated carbocycles. The lowest BCUT2D eigenvalue weighted by Gasteiger charge is -2.18. The zero-order valence-electron chi connectivity index (χ0n) is 13.1. The maximum Gasteiger partial charge on any atom is 0.167 e. The van der Waals surface area contributed by atoms with Crippen molar-refractivity contribution in [1.82, 2.24) is 15.0 Å². The van der Waals surface area contributed by atoms with E-state index in [2.05, 4.69) is 58.5 Å². The third-order valence-electron chi connectivity index (χ3n) is 4.34. The maximum atomic E-state index is 5.42. The van der Waals surface area contributed by atoms with E-state index in [-0.39, 0.29) is 0 Å². The number of hydrogen-bond donors (Lipinski definition) is 1. The molecule has 2 heterocycles. The summed E-state index contributed by atoms with van der Waals surface area (Å²) in [6, 6.07) is 16.5. The van der Waals surface area contributed by atoms with Crippen molar-refractivity contribution in [1.29, 1.82) is 0 Å². The van der Waals surface area contributed by atoms with Crippen molar-refractivity contribution < 1.29 is 4.52 Å². The first-order valence-electron chi connectivity index (χ1n) is 7.96. The van der Waals surface area contributed by atoms with Gasteiger partial charge in [0.2, 0.25) is 0 Å². The zero-order valence-corrected chi connectivity index (χ0v) is 13.1. The van der Waals surface area contributed by atoms with E-state index in [1.165, 1.54) is 16.5 Å². The summed E-state index contributed by atoms with van der Waals surface area (Å²) in [5.41, 5.74) is 4.36. The van der Waals surface area contributed by atoms with E-state index in [0.29, 0.717) is 0 Å². The van der Waals surface area contributed by atoms with Crippen molar-refractivity contribution in [3.63, 3.8) is 0 Å². The van der Waals surface area contributed by atoms with Crippen LogP contribution in [0.4, 0.5) is 0 Å². The van der Waals surface area contributed by atoms with Gasteiger partial charge in [0.1, 0.15) is 5.69 Å². The van der Waals surface area contributed by atoms with Crippen LogP contribution in [-0.4, -0.2) is 21.6 Å². The Bertz CT molecular complexity index is 862. The van der Waals surface area contributed by atoms with Gasteiger partial charge >= 0.3 is 0 Å². The number of aromatic amines is 1. The predicted octanol–water partition coefficient (Wildman–Crippen LogP) is 4.33. The largest absolute Gasteiger partial charge is 0.361 e. The minimum absolute atomic E-state index is 0.785. The van der Waals surface area contributed by atoms with E-state index in [0.717, 1.165) is 36.3 Å². The van der Waals surface area contributed by atoms with Gasteiger partial charge in [-0.1, -0.05) is 42.4 Å². The van der Waals surface area contributed by atoms with E-state index in [1.807, 2.05) is 18.2 Å². The predicted molar refractivity (Wildman–Crippen MR) is 92.1 cm³/mol. The fourth-order valence-electron chi connectivity index (χ4n) is 3.05. The number of hydrogen-bond acceptors (Lipinski definition) is 3. The lowest BCUT2D eigenvalue weighted by molar-refractivity contribution is 0.264. The molecule has 0 atom stereocenters. The van der Waals surface area contributed by atoms with Gasteiger partial charge < -0.3 is 9.51 Å². The van der Waals surface area contributed by atoms with Gasteiger partial charge in [-0.05, 0) is 30.3 Å². The highest BCUT2D eigenvalue weighted by Crippen LogP contribution is 2.22. The Hall–Kier alpha value is -2.59. The fourth-order valence-corrected chi connectivity index (χ4v) is 3.05. The molecule has 2 aromatic heterocycles. The number of aromatic nitrogens is 2. The molecule has 0 bridgehead atoms. The van der Waals surface area contributed by atoms with Crippen molar-refractivity contribution in [2.45, 2.75) is 20.0 Å². The van der Waals surface area contributed by atoms with Crippen LogP contribution in [0.3, 0.4) is 0 Å². The van der Waals surface area contributed by atoms with Crippen molar-refractivity contribution >= 4 is 21.9 Å². The van der Waals surface area contributed by atoms with E-state index in [1.54, 1.807) is 0 Å². The molecule has 0 aliphatic carbocycles. The van der Waals surface area contributed by atoms with Gasteiger partial charge in [-0.2, -0.15) is 0 Å². The molecule has 0 radical (unpaired) electrons. The van der Waals surface area contributed by atoms with Crippen LogP contribution in [0.15, 0.2) is 59.3 Å². The quantitative estimate of drug-likeness (QED) is 0.597. The number of rotatable bonds is 5. The van der Waals surface area contributed by atoms with Crippen LogP contribution in [-0.2, 0) is 13.1 Å². The van der Waals surface area contributed by atoms with Crippen molar-refractivity contribution in [3.8, 4) is 0 Å². The van der Waals surface area contributed by atoms with E-state index in [4.69, 9.17) is 4.52 Å². The Balaban J connectivity index is 1.59. The normalized spacial score (nSPS) is 11.7. The second kappa shape index (κ2) is 5.89. The lowest BCUT2D eigenvalue weighted by Crippen LogP contribution is -2.22. The van der Waals surface area contributed by atoms with Crippen LogP contribution in [0.2, 0.25) is 0 Å². The summed E-state index contributed by atoms with van der Waals surface area (Å²) in [6.45, 7) is 4.81. The molecule has 0 saturated heterocycles. The molecule has 4 aromatic rings. The number of para-hydroxylation sites is 2. The summed E-state index contributed by atoms with van der Waals surface area (Å²) in [5.74, 6) is 0. The molecule has 0 aliphatic heterocycles. The minimum Gasteiger partial charge on any atom is -0.361 e. The van der Waals surface area contributed by atoms with Gasteiger partial charge in [0.05, 0.1) is 0 Å². The fraction of sp³-hybridized carbons (Fsp3) is 0.211. The lowest BCUT2D eigenvalue weighted by atomic mass is 10.1. The zero-order chi connectivity index (χ0) is 15.6. The SMILES string of the molecule is CCN(Cc1c[nH]c2ccccc12)Cc1noc2ccccc12. The van der Waals surface area contributed by atoms with Crippen LogP contribution < -0.4 is 0 Å². The maximum absolute atomic E-state index is 5.42. The van der Waals surface area contributed by atoms with Crippen LogP contribution in [0, 0.1) is 0 Å². The number of nitrogens with zero attached hydrogens (tertiary/aromatic N) is 2. The first-order valence-corrected chi connectivity index (χ1v) is 7.96. The average Bonchev–Trinajstić information content (AvgIpc) is 3.19. The molecular formula is C19H19N3O. The van der Waals surface area contributed by atoms with Crippen LogP contribution in [0.25, 0.3) is 21.9 Å². The molecule has 4 heteroatoms. The Morgan fingerprint density at radius 2 is 1.78 bits per heavy atom. The molecule has 116 valence electrons. The summed E-state index contributed by atoms with van der Waals surface area (Å²) < 4.78 is 5.42. The summed E-state index contributed by atoms with van der Waals surface area (Å²) in [6.07, 6.45) is 2.11. The van der Waals surface area contributed by atoms with Crippen LogP contribution in [0.5, 0.6) is 0 Å². The molecule has 0 spiro atoms. The summed E-state index contributed by atoms with van der Waals surface area (Å²) in [7, 11) is 0. The molecule has 0 fully saturated rings. The average molecular weight is 305 g/mol. The smallest absolute Gasteiger partial charge is 0.167 e. The highest BCUT2D eigenvalue weighted by Gasteiger charge is 2.13. The van der Waals surface area contributed by atoms with Gasteiger partial charge in [0.15, 0.2) is 5.58 Å². The number of fused-ring (bicyclic) bond motifs is 2. The second-order valence-corrected chi connectivity index (χ2v) is 5.79. The van der Waals surface area contributed by atoms with Gasteiger partial charge in [-0.3, -0.25) is 4.90 Å². The Morgan fingerprint density at radius 3 is 2.65 bits per heavy atom. The molecule has 0 aliphatic rings. The number of H-pyrrole nitrogens is 1. The molecule has 4 rings (SSSR count). The van der Waals surface area contributed by atoms with Gasteiger partial charge in [-0.15, -0.1) is 0 Å². The van der Waals surface area contributed by atoms with Crippen LogP contribution >= 0.6 is 0 Å². The minimum atomic E-state index is 0.785. The summed E-state index contributed by atoms with van der Waals surface area (Å²) in [5, 5.41) is 6.64. The highest BCUT2D eigenvalue weighted by atomic mass is 16.5. The third kappa shape index (κ3) is 2.62. The van der Waals surface area contributed by atoms with Gasteiger partial charge in [0, 0.05) is 35.6 Å². The summed E-state index contributed by atoms with van der Waals surface area (Å²) >= 11 is 0. The first kappa shape index (κ1) is 14.0. The molecule has 0 unspecified atom stereocenters. The summed E-state index contributed by atoms with van der Waals surface area (Å²) in [4.78, 5) is 5.72. The van der Waals surface area contributed by atoms with E-state index >= 15 is 0 Å². The monoisotopic (exact) mass is 305 g/mol. The molecule has 1 N–H and O–H groups in total. The standard InChI is InChI=1S/C19H19N3O/c1-2-22(12-14-11-20-17-9-5-3-7-15(14)17)13-18-16-8-4-6-10-19(16)23-21-18/h3-11,20H,2,12-13H2,1H3. The van der Waals surface area contributed by atoms with Gasteiger partial charge in [0.25, 0.3) is 0 Å². The van der Waals surface area contributed by atoms with Crippen molar-refractivity contribution in [2.24, 2.45) is 0 Å². The van der Waals surface area contributed by atoms with Crippen LogP contribution in [0.1, 0.15) is 18.2 Å². The molecule has 0 amide bonds. The molecule has 4 nitrogen and oxygen atoms in total. The Morgan fingerprint density at radius 1 is 1.00 bits per heavy atom. The van der Waals surface area contributed by atoms with E-state index < -0.39 is 0 Å². The number of nitrogens with one attached hydrogen (secondary N) is 1. The molecule has 2 aromatic carbocycles. The third-order valence-corrected chi connectivity index (χ3v) is 4.34. The Labute approximate surface area is 134 Å². The van der Waals surface area contributed by atoms with Crippen molar-refractivity contribution in [2.75, 3.05) is 6.54 Å². The number of benzene rings is 2. The topological polar surface area (TPSA) is 45.1 Å². The second-order valence-electron chi connectivity index (χ2n) is 5.79. The Kier molecular flexibility index (Phi) is 3.60.